The maximum absolute atomic E-state index is 12.0. The second-order valence-electron chi connectivity index (χ2n) is 6.45. The largest absolute Gasteiger partial charge is 0.372 e. The first-order valence-corrected chi connectivity index (χ1v) is 8.57. The summed E-state index contributed by atoms with van der Waals surface area (Å²) in [5.74, 6) is 0.00154. The highest BCUT2D eigenvalue weighted by Gasteiger charge is 2.15. The number of hydrogen-bond acceptors (Lipinski definition) is 3. The molecule has 6 nitrogen and oxygen atoms in total. The number of hydrogen-bond donors (Lipinski definition) is 2. The second-order valence-corrected chi connectivity index (χ2v) is 6.45. The van der Waals surface area contributed by atoms with E-state index in [1.54, 1.807) is 14.1 Å². The molecule has 0 unspecified atom stereocenters. The number of urea groups is 1. The van der Waals surface area contributed by atoms with Crippen LogP contribution in [0.5, 0.6) is 0 Å². The number of carbonyl (C=O) groups is 2. The van der Waals surface area contributed by atoms with Crippen LogP contribution in [0.3, 0.4) is 0 Å². The average Bonchev–Trinajstić information content (AvgIpc) is 3.09. The Bertz CT molecular complexity index is 568. The van der Waals surface area contributed by atoms with Gasteiger partial charge < -0.3 is 20.4 Å². The van der Waals surface area contributed by atoms with Crippen LogP contribution >= 0.6 is 0 Å². The molecule has 1 aliphatic rings. The van der Waals surface area contributed by atoms with Crippen LogP contribution < -0.4 is 15.5 Å². The average molecular weight is 332 g/mol. The smallest absolute Gasteiger partial charge is 0.315 e. The first-order chi connectivity index (χ1) is 11.5. The van der Waals surface area contributed by atoms with Crippen LogP contribution in [0.1, 0.15) is 37.8 Å². The minimum atomic E-state index is -0.249. The first-order valence-electron chi connectivity index (χ1n) is 8.57. The van der Waals surface area contributed by atoms with Gasteiger partial charge in [-0.2, -0.15) is 0 Å². The van der Waals surface area contributed by atoms with E-state index in [0.29, 0.717) is 13.0 Å². The lowest BCUT2D eigenvalue weighted by Gasteiger charge is -2.21. The molecule has 1 aromatic rings. The van der Waals surface area contributed by atoms with E-state index in [1.807, 2.05) is 19.1 Å². The number of benzene rings is 1. The molecule has 1 atom stereocenters. The van der Waals surface area contributed by atoms with Gasteiger partial charge in [0.1, 0.15) is 0 Å². The molecule has 132 valence electrons. The van der Waals surface area contributed by atoms with Crippen LogP contribution in [-0.2, 0) is 4.79 Å². The Hall–Kier alpha value is -2.24. The number of rotatable bonds is 6. The van der Waals surface area contributed by atoms with Gasteiger partial charge in [-0.15, -0.1) is 0 Å². The lowest BCUT2D eigenvalue weighted by molar-refractivity contribution is -0.128. The monoisotopic (exact) mass is 332 g/mol. The number of nitrogens with one attached hydrogen (secondary N) is 2. The summed E-state index contributed by atoms with van der Waals surface area (Å²) in [4.78, 5) is 27.3. The van der Waals surface area contributed by atoms with Crippen LogP contribution in [0.25, 0.3) is 0 Å². The Morgan fingerprint density at radius 1 is 1.25 bits per heavy atom. The SMILES string of the molecule is C[C@@H](NC(=O)NCCC(=O)N(C)C)c1cccc(N2CCCC2)c1. The molecule has 1 heterocycles. The summed E-state index contributed by atoms with van der Waals surface area (Å²) >= 11 is 0. The van der Waals surface area contributed by atoms with E-state index in [0.717, 1.165) is 18.7 Å². The Morgan fingerprint density at radius 2 is 1.96 bits per heavy atom. The number of anilines is 1. The van der Waals surface area contributed by atoms with Crippen LogP contribution in [0.4, 0.5) is 10.5 Å². The summed E-state index contributed by atoms with van der Waals surface area (Å²) in [7, 11) is 3.41. The minimum Gasteiger partial charge on any atom is -0.372 e. The topological polar surface area (TPSA) is 64.7 Å². The molecule has 1 aliphatic heterocycles. The van der Waals surface area contributed by atoms with E-state index in [4.69, 9.17) is 0 Å². The van der Waals surface area contributed by atoms with Crippen molar-refractivity contribution >= 4 is 17.6 Å². The molecule has 1 aromatic carbocycles. The predicted octanol–water partition coefficient (Wildman–Crippen LogP) is 2.13. The summed E-state index contributed by atoms with van der Waals surface area (Å²) in [6.07, 6.45) is 2.79. The Balaban J connectivity index is 1.83. The molecule has 2 N–H and O–H groups in total. The fourth-order valence-electron chi connectivity index (χ4n) is 2.80. The lowest BCUT2D eigenvalue weighted by Crippen LogP contribution is -2.38. The van der Waals surface area contributed by atoms with Gasteiger partial charge in [0.05, 0.1) is 6.04 Å². The highest BCUT2D eigenvalue weighted by molar-refractivity contribution is 5.78. The quantitative estimate of drug-likeness (QED) is 0.839. The van der Waals surface area contributed by atoms with Crippen molar-refractivity contribution in [2.45, 2.75) is 32.2 Å². The van der Waals surface area contributed by atoms with E-state index >= 15 is 0 Å². The summed E-state index contributed by atoms with van der Waals surface area (Å²) in [5.41, 5.74) is 2.30. The number of carbonyl (C=O) groups excluding carboxylic acids is 2. The van der Waals surface area contributed by atoms with Crippen molar-refractivity contribution in [3.8, 4) is 0 Å². The molecule has 0 saturated carbocycles. The fraction of sp³-hybridized carbons (Fsp3) is 0.556. The van der Waals surface area contributed by atoms with Gasteiger partial charge in [0, 0.05) is 45.8 Å². The Morgan fingerprint density at radius 3 is 2.62 bits per heavy atom. The summed E-state index contributed by atoms with van der Waals surface area (Å²) in [5, 5.41) is 5.65. The molecule has 2 rings (SSSR count). The third-order valence-electron chi connectivity index (χ3n) is 4.31. The molecule has 0 spiro atoms. The number of nitrogens with zero attached hydrogens (tertiary/aromatic N) is 2. The second kappa shape index (κ2) is 8.57. The molecule has 0 aromatic heterocycles. The maximum atomic E-state index is 12.0. The standard InChI is InChI=1S/C18H28N4O2/c1-14(20-18(24)19-10-9-17(23)21(2)3)15-7-6-8-16(13-15)22-11-4-5-12-22/h6-8,13-14H,4-5,9-12H2,1-3H3,(H2,19,20,24)/t14-/m1/s1. The molecule has 24 heavy (non-hydrogen) atoms. The van der Waals surface area contributed by atoms with Gasteiger partial charge >= 0.3 is 6.03 Å². The van der Waals surface area contributed by atoms with Crippen molar-refractivity contribution < 1.29 is 9.59 Å². The van der Waals surface area contributed by atoms with E-state index in [1.165, 1.54) is 23.4 Å². The summed E-state index contributed by atoms with van der Waals surface area (Å²) < 4.78 is 0. The van der Waals surface area contributed by atoms with E-state index in [9.17, 15) is 9.59 Å². The van der Waals surface area contributed by atoms with Crippen LogP contribution in [-0.4, -0.2) is 50.6 Å². The Kier molecular flexibility index (Phi) is 6.46. The molecular weight excluding hydrogens is 304 g/mol. The van der Waals surface area contributed by atoms with Gasteiger partial charge in [0.15, 0.2) is 0 Å². The van der Waals surface area contributed by atoms with Gasteiger partial charge in [-0.25, -0.2) is 4.79 Å². The van der Waals surface area contributed by atoms with Crippen molar-refractivity contribution in [1.29, 1.82) is 0 Å². The highest BCUT2D eigenvalue weighted by Crippen LogP contribution is 2.23. The zero-order valence-corrected chi connectivity index (χ0v) is 14.8. The molecule has 0 radical (unpaired) electrons. The maximum Gasteiger partial charge on any atom is 0.315 e. The van der Waals surface area contributed by atoms with Crippen molar-refractivity contribution in [2.24, 2.45) is 0 Å². The lowest BCUT2D eigenvalue weighted by atomic mass is 10.1. The molecular formula is C18H28N4O2. The van der Waals surface area contributed by atoms with E-state index in [2.05, 4.69) is 27.7 Å². The number of amides is 3. The molecule has 6 heteroatoms. The third kappa shape index (κ3) is 5.15. The summed E-state index contributed by atoms with van der Waals surface area (Å²) in [6.45, 7) is 4.51. The van der Waals surface area contributed by atoms with Crippen molar-refractivity contribution in [3.63, 3.8) is 0 Å². The van der Waals surface area contributed by atoms with Gasteiger partial charge in [-0.1, -0.05) is 12.1 Å². The molecule has 3 amide bonds. The molecule has 0 bridgehead atoms. The van der Waals surface area contributed by atoms with Crippen molar-refractivity contribution in [1.82, 2.24) is 15.5 Å². The van der Waals surface area contributed by atoms with Gasteiger partial charge in [-0.05, 0) is 37.5 Å². The summed E-state index contributed by atoms with van der Waals surface area (Å²) in [6, 6.07) is 7.99. The third-order valence-corrected chi connectivity index (χ3v) is 4.31. The molecule has 0 aliphatic carbocycles. The molecule has 1 saturated heterocycles. The van der Waals surface area contributed by atoms with Crippen molar-refractivity contribution in [3.05, 3.63) is 29.8 Å². The van der Waals surface area contributed by atoms with Gasteiger partial charge in [-0.3, -0.25) is 4.79 Å². The van der Waals surface area contributed by atoms with Crippen LogP contribution in [0.2, 0.25) is 0 Å². The molecule has 1 fully saturated rings. The Labute approximate surface area is 144 Å². The van der Waals surface area contributed by atoms with Crippen molar-refractivity contribution in [2.75, 3.05) is 38.6 Å². The normalized spacial score (nSPS) is 15.0. The van der Waals surface area contributed by atoms with Gasteiger partial charge in [0.2, 0.25) is 5.91 Å². The van der Waals surface area contributed by atoms with Gasteiger partial charge in [0.25, 0.3) is 0 Å². The zero-order chi connectivity index (χ0) is 17.5. The van der Waals surface area contributed by atoms with Crippen LogP contribution in [0.15, 0.2) is 24.3 Å². The van der Waals surface area contributed by atoms with E-state index in [-0.39, 0.29) is 18.0 Å². The fourth-order valence-corrected chi connectivity index (χ4v) is 2.80. The minimum absolute atomic E-state index is 0.00154. The highest BCUT2D eigenvalue weighted by atomic mass is 16.2. The predicted molar refractivity (Wildman–Crippen MR) is 96.1 cm³/mol. The van der Waals surface area contributed by atoms with E-state index < -0.39 is 0 Å². The first kappa shape index (κ1) is 18.1. The zero-order valence-electron chi connectivity index (χ0n) is 14.8. The van der Waals surface area contributed by atoms with Crippen LogP contribution in [0, 0.1) is 0 Å².